The number of carbonyl (C=O) groups is 1. The van der Waals surface area contributed by atoms with Crippen LogP contribution in [0.15, 0.2) is 24.3 Å². The Morgan fingerprint density at radius 3 is 2.76 bits per heavy atom. The highest BCUT2D eigenvalue weighted by Gasteiger charge is 2.14. The number of hydrogen-bond acceptors (Lipinski definition) is 4. The van der Waals surface area contributed by atoms with Crippen molar-refractivity contribution in [2.45, 2.75) is 19.4 Å². The Balaban J connectivity index is 2.60. The highest BCUT2D eigenvalue weighted by molar-refractivity contribution is 7.98. The van der Waals surface area contributed by atoms with Crippen LogP contribution in [0, 0.1) is 0 Å². The van der Waals surface area contributed by atoms with Crippen molar-refractivity contribution in [2.75, 3.05) is 30.9 Å². The Morgan fingerprint density at radius 2 is 2.14 bits per heavy atom. The molecule has 0 heterocycles. The zero-order valence-corrected chi connectivity index (χ0v) is 14.4. The van der Waals surface area contributed by atoms with E-state index in [4.69, 9.17) is 18.0 Å². The monoisotopic (exact) mass is 325 g/mol. The molecule has 0 saturated heterocycles. The van der Waals surface area contributed by atoms with Gasteiger partial charge in [-0.05, 0) is 44.5 Å². The van der Waals surface area contributed by atoms with Gasteiger partial charge in [-0.15, -0.1) is 0 Å². The van der Waals surface area contributed by atoms with E-state index in [1.165, 1.54) is 0 Å². The van der Waals surface area contributed by atoms with Crippen LogP contribution in [0.25, 0.3) is 0 Å². The number of anilines is 1. The molecule has 0 bridgehead atoms. The minimum Gasteiger partial charge on any atom is -0.389 e. The van der Waals surface area contributed by atoms with Gasteiger partial charge < -0.3 is 11.1 Å². The maximum absolute atomic E-state index is 12.1. The molecule has 1 atom stereocenters. The van der Waals surface area contributed by atoms with Crippen LogP contribution in [0.1, 0.15) is 18.9 Å². The molecule has 0 radical (unpaired) electrons. The fraction of sp³-hybridized carbons (Fsp3) is 0.467. The molecule has 1 amide bonds. The van der Waals surface area contributed by atoms with Crippen LogP contribution in [0.3, 0.4) is 0 Å². The molecule has 0 aliphatic rings. The quantitative estimate of drug-likeness (QED) is 0.719. The van der Waals surface area contributed by atoms with Crippen LogP contribution in [0.5, 0.6) is 0 Å². The zero-order valence-electron chi connectivity index (χ0n) is 12.8. The number of thioether (sulfide) groups is 1. The third kappa shape index (κ3) is 6.03. The SMILES string of the molecule is CSCCC(C)N(C)CC(=O)Nc1ccccc1C(N)=S. The molecule has 4 nitrogen and oxygen atoms in total. The molecule has 3 N–H and O–H groups in total. The van der Waals surface area contributed by atoms with Crippen molar-refractivity contribution in [2.24, 2.45) is 5.73 Å². The largest absolute Gasteiger partial charge is 0.389 e. The van der Waals surface area contributed by atoms with Crippen molar-refractivity contribution in [3.63, 3.8) is 0 Å². The summed E-state index contributed by atoms with van der Waals surface area (Å²) in [6.45, 7) is 2.48. The third-order valence-corrected chi connectivity index (χ3v) is 4.22. The van der Waals surface area contributed by atoms with Crippen LogP contribution in [-0.2, 0) is 4.79 Å². The standard InChI is InChI=1S/C15H23N3OS2/c1-11(8-9-21-3)18(2)10-14(19)17-13-7-5-4-6-12(13)15(16)20/h4-7,11H,8-10H2,1-3H3,(H2,16,20)(H,17,19). The molecule has 0 fully saturated rings. The maximum atomic E-state index is 12.1. The molecular weight excluding hydrogens is 302 g/mol. The summed E-state index contributed by atoms with van der Waals surface area (Å²) in [5.41, 5.74) is 7.02. The van der Waals surface area contributed by atoms with E-state index in [-0.39, 0.29) is 10.9 Å². The van der Waals surface area contributed by atoms with E-state index in [2.05, 4.69) is 23.4 Å². The van der Waals surface area contributed by atoms with E-state index in [1.54, 1.807) is 0 Å². The first-order valence-corrected chi connectivity index (χ1v) is 8.63. The molecule has 1 aromatic carbocycles. The van der Waals surface area contributed by atoms with Crippen molar-refractivity contribution in [3.05, 3.63) is 29.8 Å². The van der Waals surface area contributed by atoms with E-state index < -0.39 is 0 Å². The second-order valence-corrected chi connectivity index (χ2v) is 6.43. The smallest absolute Gasteiger partial charge is 0.238 e. The number of nitrogens with zero attached hydrogens (tertiary/aromatic N) is 1. The highest BCUT2D eigenvalue weighted by atomic mass is 32.2. The number of benzene rings is 1. The van der Waals surface area contributed by atoms with Crippen LogP contribution in [0.2, 0.25) is 0 Å². The molecule has 1 aromatic rings. The fourth-order valence-corrected chi connectivity index (χ4v) is 2.64. The Kier molecular flexibility index (Phi) is 7.71. The number of hydrogen-bond donors (Lipinski definition) is 2. The Labute approximate surface area is 136 Å². The van der Waals surface area contributed by atoms with Crippen LogP contribution in [0.4, 0.5) is 5.69 Å². The summed E-state index contributed by atoms with van der Waals surface area (Å²) in [5, 5.41) is 2.88. The van der Waals surface area contributed by atoms with E-state index in [0.29, 0.717) is 23.8 Å². The van der Waals surface area contributed by atoms with Gasteiger partial charge in [0, 0.05) is 11.6 Å². The summed E-state index contributed by atoms with van der Waals surface area (Å²) in [4.78, 5) is 14.5. The van der Waals surface area contributed by atoms with Gasteiger partial charge in [-0.2, -0.15) is 11.8 Å². The lowest BCUT2D eigenvalue weighted by molar-refractivity contribution is -0.117. The molecule has 21 heavy (non-hydrogen) atoms. The molecule has 6 heteroatoms. The van der Waals surface area contributed by atoms with Gasteiger partial charge in [0.2, 0.25) is 5.91 Å². The normalized spacial score (nSPS) is 12.2. The maximum Gasteiger partial charge on any atom is 0.238 e. The van der Waals surface area contributed by atoms with Crippen molar-refractivity contribution >= 4 is 40.6 Å². The predicted octanol–water partition coefficient (Wildman–Crippen LogP) is 2.33. The average molecular weight is 326 g/mol. The van der Waals surface area contributed by atoms with E-state index in [0.717, 1.165) is 12.2 Å². The van der Waals surface area contributed by atoms with Gasteiger partial charge in [-0.1, -0.05) is 24.4 Å². The van der Waals surface area contributed by atoms with Crippen LogP contribution < -0.4 is 11.1 Å². The summed E-state index contributed by atoms with van der Waals surface area (Å²) in [6, 6.07) is 7.68. The molecule has 0 aliphatic heterocycles. The van der Waals surface area contributed by atoms with Gasteiger partial charge in [0.05, 0.1) is 12.2 Å². The number of rotatable bonds is 8. The summed E-state index contributed by atoms with van der Waals surface area (Å²) in [5.74, 6) is 1.04. The number of nitrogens with two attached hydrogens (primary N) is 1. The minimum absolute atomic E-state index is 0.0581. The Bertz CT molecular complexity index is 494. The van der Waals surface area contributed by atoms with Crippen molar-refractivity contribution in [3.8, 4) is 0 Å². The van der Waals surface area contributed by atoms with E-state index >= 15 is 0 Å². The molecule has 0 spiro atoms. The zero-order chi connectivity index (χ0) is 15.8. The third-order valence-electron chi connectivity index (χ3n) is 3.35. The van der Waals surface area contributed by atoms with Gasteiger partial charge in [0.15, 0.2) is 0 Å². The lowest BCUT2D eigenvalue weighted by atomic mass is 10.1. The number of nitrogens with one attached hydrogen (secondary N) is 1. The van der Waals surface area contributed by atoms with Gasteiger partial charge in [0.1, 0.15) is 4.99 Å². The van der Waals surface area contributed by atoms with Crippen molar-refractivity contribution < 1.29 is 4.79 Å². The van der Waals surface area contributed by atoms with Crippen LogP contribution >= 0.6 is 24.0 Å². The molecule has 0 aromatic heterocycles. The molecule has 0 saturated carbocycles. The first kappa shape index (κ1) is 17.9. The predicted molar refractivity (Wildman–Crippen MR) is 96.1 cm³/mol. The number of amides is 1. The summed E-state index contributed by atoms with van der Waals surface area (Å²) in [7, 11) is 1.96. The lowest BCUT2D eigenvalue weighted by Crippen LogP contribution is -2.37. The Morgan fingerprint density at radius 1 is 1.48 bits per heavy atom. The topological polar surface area (TPSA) is 58.4 Å². The number of para-hydroxylation sites is 1. The molecule has 1 unspecified atom stereocenters. The van der Waals surface area contributed by atoms with E-state index in [1.807, 2.05) is 43.1 Å². The first-order valence-electron chi connectivity index (χ1n) is 6.83. The Hall–Kier alpha value is -1.11. The summed E-state index contributed by atoms with van der Waals surface area (Å²) in [6.07, 6.45) is 3.15. The molecule has 116 valence electrons. The van der Waals surface area contributed by atoms with Crippen molar-refractivity contribution in [1.29, 1.82) is 0 Å². The number of carbonyl (C=O) groups excluding carboxylic acids is 1. The van der Waals surface area contributed by atoms with E-state index in [9.17, 15) is 4.79 Å². The van der Waals surface area contributed by atoms with Gasteiger partial charge >= 0.3 is 0 Å². The molecule has 1 rings (SSSR count). The fourth-order valence-electron chi connectivity index (χ4n) is 1.89. The summed E-state index contributed by atoms with van der Waals surface area (Å²) >= 11 is 6.81. The average Bonchev–Trinajstić information content (AvgIpc) is 2.44. The van der Waals surface area contributed by atoms with Crippen LogP contribution in [-0.4, -0.2) is 47.4 Å². The van der Waals surface area contributed by atoms with Gasteiger partial charge in [-0.25, -0.2) is 0 Å². The second-order valence-electron chi connectivity index (χ2n) is 5.00. The number of thiocarbonyl (C=S) groups is 1. The van der Waals surface area contributed by atoms with Gasteiger partial charge in [0.25, 0.3) is 0 Å². The molecular formula is C15H23N3OS2. The number of likely N-dealkylation sites (N-methyl/N-ethyl adjacent to an activating group) is 1. The van der Waals surface area contributed by atoms with Crippen molar-refractivity contribution in [1.82, 2.24) is 4.90 Å². The lowest BCUT2D eigenvalue weighted by Gasteiger charge is -2.24. The summed E-state index contributed by atoms with van der Waals surface area (Å²) < 4.78 is 0. The minimum atomic E-state index is -0.0581. The van der Waals surface area contributed by atoms with Gasteiger partial charge in [-0.3, -0.25) is 9.69 Å². The molecule has 0 aliphatic carbocycles. The first-order chi connectivity index (χ1) is 9.95. The highest BCUT2D eigenvalue weighted by Crippen LogP contribution is 2.15. The second kappa shape index (κ2) is 9.02.